The summed E-state index contributed by atoms with van der Waals surface area (Å²) in [5.41, 5.74) is 1.19. The Hall–Kier alpha value is -4.19. The highest BCUT2D eigenvalue weighted by atomic mass is 32.1. The number of ether oxygens (including phenoxy) is 3. The first-order valence-corrected chi connectivity index (χ1v) is 16.7. The Morgan fingerprint density at radius 3 is 2.70 bits per heavy atom. The molecule has 2 N–H and O–H groups in total. The third kappa shape index (κ3) is 8.34. The molecule has 1 fully saturated rings. The van der Waals surface area contributed by atoms with Gasteiger partial charge in [0.15, 0.2) is 18.1 Å². The lowest BCUT2D eigenvalue weighted by atomic mass is 9.76. The summed E-state index contributed by atoms with van der Waals surface area (Å²) in [5, 5.41) is 6.77. The minimum absolute atomic E-state index is 0.128. The van der Waals surface area contributed by atoms with Crippen LogP contribution in [-0.2, 0) is 25.5 Å². The predicted octanol–water partition coefficient (Wildman–Crippen LogP) is 4.05. The predicted molar refractivity (Wildman–Crippen MR) is 174 cm³/mol. The van der Waals surface area contributed by atoms with Gasteiger partial charge in [-0.1, -0.05) is 18.9 Å². The molecule has 1 atom stereocenters. The second kappa shape index (κ2) is 14.9. The van der Waals surface area contributed by atoms with Gasteiger partial charge < -0.3 is 29.7 Å². The number of aryl methyl sites for hydroxylation is 1. The van der Waals surface area contributed by atoms with Gasteiger partial charge in [0.2, 0.25) is 5.91 Å². The highest BCUT2D eigenvalue weighted by Gasteiger charge is 2.44. The number of hydrogen-bond donors (Lipinski definition) is 2. The van der Waals surface area contributed by atoms with Crippen molar-refractivity contribution in [3.05, 3.63) is 52.5 Å². The Kier molecular flexibility index (Phi) is 10.8. The maximum absolute atomic E-state index is 13.6. The molecule has 3 aromatic rings. The minimum Gasteiger partial charge on any atom is -0.493 e. The Morgan fingerprint density at radius 1 is 1.11 bits per heavy atom. The van der Waals surface area contributed by atoms with Gasteiger partial charge in [-0.25, -0.2) is 4.98 Å². The van der Waals surface area contributed by atoms with E-state index >= 15 is 0 Å². The van der Waals surface area contributed by atoms with Crippen LogP contribution in [0.3, 0.4) is 0 Å². The number of carbonyl (C=O) groups excluding carboxylic acids is 4. The van der Waals surface area contributed by atoms with Gasteiger partial charge in [-0.3, -0.25) is 19.2 Å². The molecule has 2 aromatic carbocycles. The quantitative estimate of drug-likeness (QED) is 0.382. The fraction of sp³-hybridized carbons (Fsp3) is 0.500. The molecule has 0 radical (unpaired) electrons. The monoisotopic (exact) mass is 650 g/mol. The molecule has 1 aliphatic carbocycles. The molecule has 0 spiro atoms. The zero-order chi connectivity index (χ0) is 32.7. The molecule has 5 rings (SSSR count). The largest absolute Gasteiger partial charge is 0.493 e. The van der Waals surface area contributed by atoms with Crippen LogP contribution >= 0.6 is 11.3 Å². The lowest BCUT2D eigenvalue weighted by Gasteiger charge is -2.32. The average Bonchev–Trinajstić information content (AvgIpc) is 3.77. The Balaban J connectivity index is 1.39. The van der Waals surface area contributed by atoms with E-state index in [1.807, 2.05) is 25.1 Å². The minimum atomic E-state index is -0.975. The molecule has 246 valence electrons. The van der Waals surface area contributed by atoms with Gasteiger partial charge in [-0.05, 0) is 74.9 Å². The maximum atomic E-state index is 13.6. The normalized spacial score (nSPS) is 20.1. The number of fused-ring (bicyclic) bond motifs is 3. The SMILES string of the molecule is CCOC(=O)C1(CC2CC2)CNC(=O)CCCN(C(=O)c2ccc3nc(C)sc3c2)CCNC(=O)COc2cc(ccc2OC)C1. The van der Waals surface area contributed by atoms with Crippen molar-refractivity contribution in [2.45, 2.75) is 52.4 Å². The van der Waals surface area contributed by atoms with E-state index in [4.69, 9.17) is 14.2 Å². The number of rotatable bonds is 6. The maximum Gasteiger partial charge on any atom is 0.314 e. The molecule has 1 saturated carbocycles. The number of benzene rings is 2. The van der Waals surface area contributed by atoms with E-state index in [2.05, 4.69) is 15.6 Å². The molecule has 2 aliphatic rings. The third-order valence-corrected chi connectivity index (χ3v) is 9.34. The van der Waals surface area contributed by atoms with E-state index in [0.29, 0.717) is 48.8 Å². The molecule has 12 heteroatoms. The van der Waals surface area contributed by atoms with Crippen LogP contribution in [-0.4, -0.2) is 80.1 Å². The third-order valence-electron chi connectivity index (χ3n) is 8.40. The number of nitrogens with zero attached hydrogens (tertiary/aromatic N) is 2. The summed E-state index contributed by atoms with van der Waals surface area (Å²) in [6.07, 6.45) is 3.55. The zero-order valence-corrected chi connectivity index (χ0v) is 27.5. The van der Waals surface area contributed by atoms with Crippen molar-refractivity contribution in [3.8, 4) is 11.5 Å². The number of hydrogen-bond acceptors (Lipinski definition) is 9. The van der Waals surface area contributed by atoms with Crippen molar-refractivity contribution in [1.82, 2.24) is 20.5 Å². The van der Waals surface area contributed by atoms with Gasteiger partial charge in [0.25, 0.3) is 11.8 Å². The van der Waals surface area contributed by atoms with E-state index in [1.165, 1.54) is 18.4 Å². The van der Waals surface area contributed by atoms with Crippen molar-refractivity contribution in [2.24, 2.45) is 11.3 Å². The smallest absolute Gasteiger partial charge is 0.314 e. The number of thiazole rings is 1. The lowest BCUT2D eigenvalue weighted by Crippen LogP contribution is -2.46. The Morgan fingerprint density at radius 2 is 1.93 bits per heavy atom. The Bertz CT molecular complexity index is 1590. The van der Waals surface area contributed by atoms with Crippen molar-refractivity contribution in [1.29, 1.82) is 0 Å². The van der Waals surface area contributed by atoms with Crippen LogP contribution in [0.25, 0.3) is 10.2 Å². The van der Waals surface area contributed by atoms with Gasteiger partial charge in [-0.15, -0.1) is 11.3 Å². The standard InChI is InChI=1S/C34H42N4O7S/c1-4-44-33(42)34(18-23-7-8-23)19-24-9-12-27(43-3)28(16-24)45-20-31(40)35-13-15-38(14-5-6-30(39)36-21-34)32(41)25-10-11-26-29(17-25)46-22(2)37-26/h9-12,16-17,23H,4-8,13-15,18-21H2,1-3H3,(H,35,40)(H,36,39). The number of nitrogens with one attached hydrogen (secondary N) is 2. The van der Waals surface area contributed by atoms with Crippen molar-refractivity contribution in [3.63, 3.8) is 0 Å². The van der Waals surface area contributed by atoms with Gasteiger partial charge in [0, 0.05) is 38.2 Å². The first kappa shape index (κ1) is 33.2. The van der Waals surface area contributed by atoms with Crippen LogP contribution in [0.4, 0.5) is 0 Å². The van der Waals surface area contributed by atoms with Crippen molar-refractivity contribution in [2.75, 3.05) is 46.5 Å². The van der Waals surface area contributed by atoms with Crippen molar-refractivity contribution < 1.29 is 33.4 Å². The second-order valence-corrected chi connectivity index (χ2v) is 13.3. The summed E-state index contributed by atoms with van der Waals surface area (Å²) in [7, 11) is 1.52. The highest BCUT2D eigenvalue weighted by Crippen LogP contribution is 2.43. The molecule has 1 unspecified atom stereocenters. The molecule has 11 nitrogen and oxygen atoms in total. The lowest BCUT2D eigenvalue weighted by molar-refractivity contribution is -0.156. The molecule has 2 bridgehead atoms. The van der Waals surface area contributed by atoms with E-state index in [-0.39, 0.29) is 63.0 Å². The van der Waals surface area contributed by atoms with E-state index in [0.717, 1.165) is 33.6 Å². The van der Waals surface area contributed by atoms with Crippen LogP contribution in [0.15, 0.2) is 36.4 Å². The van der Waals surface area contributed by atoms with E-state index in [9.17, 15) is 19.2 Å². The summed E-state index contributed by atoms with van der Waals surface area (Å²) < 4.78 is 17.9. The second-order valence-electron chi connectivity index (χ2n) is 12.0. The first-order valence-electron chi connectivity index (χ1n) is 15.9. The number of esters is 1. The average molecular weight is 651 g/mol. The summed E-state index contributed by atoms with van der Waals surface area (Å²) in [6, 6.07) is 10.8. The fourth-order valence-electron chi connectivity index (χ4n) is 5.91. The first-order chi connectivity index (χ1) is 22.2. The van der Waals surface area contributed by atoms with Crippen LogP contribution in [0.1, 0.15) is 60.0 Å². The number of aromatic nitrogens is 1. The summed E-state index contributed by atoms with van der Waals surface area (Å²) in [6.45, 7) is 4.57. The van der Waals surface area contributed by atoms with Crippen molar-refractivity contribution >= 4 is 45.2 Å². The van der Waals surface area contributed by atoms with Crippen LogP contribution in [0.2, 0.25) is 0 Å². The van der Waals surface area contributed by atoms with Gasteiger partial charge in [0.1, 0.15) is 0 Å². The van der Waals surface area contributed by atoms with Crippen LogP contribution in [0.5, 0.6) is 11.5 Å². The summed E-state index contributed by atoms with van der Waals surface area (Å²) >= 11 is 1.52. The number of amides is 3. The number of methoxy groups -OCH3 is 1. The molecular formula is C34H42N4O7S. The van der Waals surface area contributed by atoms with Gasteiger partial charge >= 0.3 is 5.97 Å². The molecule has 46 heavy (non-hydrogen) atoms. The fourth-order valence-corrected chi connectivity index (χ4v) is 6.78. The van der Waals surface area contributed by atoms with Gasteiger partial charge in [0.05, 0.1) is 34.4 Å². The number of carbonyl (C=O) groups is 4. The van der Waals surface area contributed by atoms with E-state index < -0.39 is 5.41 Å². The van der Waals surface area contributed by atoms with Crippen LogP contribution < -0.4 is 20.1 Å². The molecule has 2 heterocycles. The molecule has 1 aliphatic heterocycles. The zero-order valence-electron chi connectivity index (χ0n) is 26.7. The van der Waals surface area contributed by atoms with Gasteiger partial charge in [-0.2, -0.15) is 0 Å². The molecule has 0 saturated heterocycles. The summed E-state index contributed by atoms with van der Waals surface area (Å²) in [5.74, 6) is 0.107. The highest BCUT2D eigenvalue weighted by molar-refractivity contribution is 7.18. The molecule has 3 amide bonds. The summed E-state index contributed by atoms with van der Waals surface area (Å²) in [4.78, 5) is 59.3. The Labute approximate surface area is 273 Å². The van der Waals surface area contributed by atoms with E-state index in [1.54, 1.807) is 30.0 Å². The molecule has 1 aromatic heterocycles. The topological polar surface area (TPSA) is 136 Å². The molecular weight excluding hydrogens is 608 g/mol. The van der Waals surface area contributed by atoms with Crippen LogP contribution in [0, 0.1) is 18.3 Å².